The molecule has 0 saturated heterocycles. The number of nitrogens with one attached hydrogen (secondary N) is 1. The number of amides is 1. The van der Waals surface area contributed by atoms with E-state index in [0.29, 0.717) is 5.56 Å². The molecular weight excluding hydrogens is 226 g/mol. The predicted octanol–water partition coefficient (Wildman–Crippen LogP) is 1.90. The molecule has 0 aliphatic heterocycles. The van der Waals surface area contributed by atoms with Gasteiger partial charge in [0.2, 0.25) is 0 Å². The first-order chi connectivity index (χ1) is 8.80. The summed E-state index contributed by atoms with van der Waals surface area (Å²) in [4.78, 5) is 19.8. The molecule has 1 amide bonds. The quantitative estimate of drug-likeness (QED) is 0.890. The van der Waals surface area contributed by atoms with E-state index in [1.165, 1.54) is 18.7 Å². The van der Waals surface area contributed by atoms with E-state index in [9.17, 15) is 4.79 Å². The minimum atomic E-state index is -0.186. The Kier molecular flexibility index (Phi) is 2.55. The number of nitrogens with zero attached hydrogens (tertiary/aromatic N) is 2. The molecule has 18 heavy (non-hydrogen) atoms. The van der Waals surface area contributed by atoms with Crippen LogP contribution in [-0.2, 0) is 5.54 Å². The summed E-state index contributed by atoms with van der Waals surface area (Å²) in [7, 11) is 0. The van der Waals surface area contributed by atoms with Crippen molar-refractivity contribution in [2.45, 2.75) is 18.4 Å². The van der Waals surface area contributed by atoms with Gasteiger partial charge in [0.1, 0.15) is 6.33 Å². The van der Waals surface area contributed by atoms with Crippen LogP contribution < -0.4 is 5.32 Å². The Morgan fingerprint density at radius 3 is 2.39 bits per heavy atom. The maximum absolute atomic E-state index is 12.1. The monoisotopic (exact) mass is 239 g/mol. The summed E-state index contributed by atoms with van der Waals surface area (Å²) in [5.74, 6) is -0.114. The van der Waals surface area contributed by atoms with Gasteiger partial charge in [0.15, 0.2) is 0 Å². The second-order valence-corrected chi connectivity index (χ2v) is 4.53. The van der Waals surface area contributed by atoms with Gasteiger partial charge in [0, 0.05) is 12.4 Å². The summed E-state index contributed by atoms with van der Waals surface area (Å²) in [6.07, 6.45) is 6.45. The summed E-state index contributed by atoms with van der Waals surface area (Å²) >= 11 is 0. The summed E-state index contributed by atoms with van der Waals surface area (Å²) in [5.41, 5.74) is 1.48. The van der Waals surface area contributed by atoms with Gasteiger partial charge < -0.3 is 5.32 Å². The van der Waals surface area contributed by atoms with Crippen molar-refractivity contribution in [3.8, 4) is 0 Å². The molecule has 0 spiro atoms. The van der Waals surface area contributed by atoms with E-state index in [-0.39, 0.29) is 11.4 Å². The number of carbonyl (C=O) groups is 1. The topological polar surface area (TPSA) is 54.9 Å². The lowest BCUT2D eigenvalue weighted by Gasteiger charge is -2.17. The molecule has 90 valence electrons. The van der Waals surface area contributed by atoms with E-state index >= 15 is 0 Å². The van der Waals surface area contributed by atoms with Crippen LogP contribution in [-0.4, -0.2) is 15.9 Å². The zero-order valence-corrected chi connectivity index (χ0v) is 9.84. The molecular formula is C14H13N3O. The molecule has 1 saturated carbocycles. The van der Waals surface area contributed by atoms with Gasteiger partial charge in [-0.2, -0.15) is 0 Å². The summed E-state index contributed by atoms with van der Waals surface area (Å²) in [6.45, 7) is 0. The fourth-order valence-corrected chi connectivity index (χ4v) is 2.07. The smallest absolute Gasteiger partial charge is 0.255 e. The van der Waals surface area contributed by atoms with E-state index in [2.05, 4.69) is 27.4 Å². The first-order valence-corrected chi connectivity index (χ1v) is 5.93. The third-order valence-corrected chi connectivity index (χ3v) is 3.25. The van der Waals surface area contributed by atoms with E-state index in [1.807, 2.05) is 18.2 Å². The number of hydrogen-bond acceptors (Lipinski definition) is 3. The Morgan fingerprint density at radius 2 is 1.78 bits per heavy atom. The van der Waals surface area contributed by atoms with Crippen LogP contribution in [0.15, 0.2) is 49.1 Å². The van der Waals surface area contributed by atoms with Crippen LogP contribution in [0.1, 0.15) is 28.8 Å². The van der Waals surface area contributed by atoms with Gasteiger partial charge in [-0.3, -0.25) is 4.79 Å². The molecule has 4 heteroatoms. The molecule has 1 fully saturated rings. The SMILES string of the molecule is O=C(NC1(c2ccccc2)CC1)c1cncnc1. The Hall–Kier alpha value is -2.23. The van der Waals surface area contributed by atoms with Crippen molar-refractivity contribution in [2.24, 2.45) is 0 Å². The molecule has 0 atom stereocenters. The number of rotatable bonds is 3. The molecule has 0 bridgehead atoms. The van der Waals surface area contributed by atoms with Gasteiger partial charge in [-0.25, -0.2) is 9.97 Å². The van der Waals surface area contributed by atoms with Gasteiger partial charge in [0.05, 0.1) is 11.1 Å². The van der Waals surface area contributed by atoms with Crippen LogP contribution in [0.3, 0.4) is 0 Å². The minimum absolute atomic E-state index is 0.114. The molecule has 1 aliphatic rings. The maximum Gasteiger partial charge on any atom is 0.255 e. The Morgan fingerprint density at radius 1 is 1.11 bits per heavy atom. The Balaban J connectivity index is 1.80. The highest BCUT2D eigenvalue weighted by atomic mass is 16.1. The average molecular weight is 239 g/mol. The molecule has 3 rings (SSSR count). The van der Waals surface area contributed by atoms with Crippen LogP contribution in [0.4, 0.5) is 0 Å². The lowest BCUT2D eigenvalue weighted by Crippen LogP contribution is -2.34. The normalized spacial score (nSPS) is 16.0. The molecule has 1 aromatic carbocycles. The summed E-state index contributed by atoms with van der Waals surface area (Å²) in [6, 6.07) is 10.1. The van der Waals surface area contributed by atoms with Crippen LogP contribution in [0.2, 0.25) is 0 Å². The molecule has 1 aromatic heterocycles. The van der Waals surface area contributed by atoms with Crippen LogP contribution >= 0.6 is 0 Å². The number of benzene rings is 1. The molecule has 4 nitrogen and oxygen atoms in total. The van der Waals surface area contributed by atoms with Crippen LogP contribution in [0.5, 0.6) is 0 Å². The lowest BCUT2D eigenvalue weighted by molar-refractivity contribution is 0.0930. The van der Waals surface area contributed by atoms with Crippen molar-refractivity contribution >= 4 is 5.91 Å². The highest BCUT2D eigenvalue weighted by molar-refractivity contribution is 5.94. The van der Waals surface area contributed by atoms with Crippen molar-refractivity contribution in [3.63, 3.8) is 0 Å². The third kappa shape index (κ3) is 1.97. The summed E-state index contributed by atoms with van der Waals surface area (Å²) < 4.78 is 0. The second kappa shape index (κ2) is 4.22. The van der Waals surface area contributed by atoms with Crippen molar-refractivity contribution in [1.82, 2.24) is 15.3 Å². The Labute approximate surface area is 105 Å². The first kappa shape index (κ1) is 10.9. The Bertz CT molecular complexity index is 550. The highest BCUT2D eigenvalue weighted by Crippen LogP contribution is 2.45. The molecule has 2 aromatic rings. The van der Waals surface area contributed by atoms with E-state index in [4.69, 9.17) is 0 Å². The van der Waals surface area contributed by atoms with E-state index < -0.39 is 0 Å². The number of hydrogen-bond donors (Lipinski definition) is 1. The van der Waals surface area contributed by atoms with Gasteiger partial charge in [-0.05, 0) is 18.4 Å². The molecule has 0 radical (unpaired) electrons. The van der Waals surface area contributed by atoms with E-state index in [1.54, 1.807) is 0 Å². The minimum Gasteiger partial charge on any atom is -0.342 e. The van der Waals surface area contributed by atoms with Gasteiger partial charge >= 0.3 is 0 Å². The third-order valence-electron chi connectivity index (χ3n) is 3.25. The zero-order valence-electron chi connectivity index (χ0n) is 9.84. The maximum atomic E-state index is 12.1. The zero-order chi connectivity index (χ0) is 12.4. The lowest BCUT2D eigenvalue weighted by atomic mass is 10.0. The average Bonchev–Trinajstić information content (AvgIpc) is 3.22. The fraction of sp³-hybridized carbons (Fsp3) is 0.214. The van der Waals surface area contributed by atoms with Gasteiger partial charge in [0.25, 0.3) is 5.91 Å². The van der Waals surface area contributed by atoms with Crippen LogP contribution in [0, 0.1) is 0 Å². The number of aromatic nitrogens is 2. The highest BCUT2D eigenvalue weighted by Gasteiger charge is 2.45. The van der Waals surface area contributed by atoms with E-state index in [0.717, 1.165) is 18.4 Å². The predicted molar refractivity (Wildman–Crippen MR) is 66.9 cm³/mol. The largest absolute Gasteiger partial charge is 0.342 e. The molecule has 0 unspecified atom stereocenters. The van der Waals surface area contributed by atoms with Crippen molar-refractivity contribution in [2.75, 3.05) is 0 Å². The van der Waals surface area contributed by atoms with Crippen molar-refractivity contribution < 1.29 is 4.79 Å². The first-order valence-electron chi connectivity index (χ1n) is 5.93. The molecule has 1 N–H and O–H groups in total. The molecule has 1 aliphatic carbocycles. The van der Waals surface area contributed by atoms with Crippen molar-refractivity contribution in [1.29, 1.82) is 0 Å². The fourth-order valence-electron chi connectivity index (χ4n) is 2.07. The van der Waals surface area contributed by atoms with Gasteiger partial charge in [-0.1, -0.05) is 30.3 Å². The summed E-state index contributed by atoms with van der Waals surface area (Å²) in [5, 5.41) is 3.08. The molecule has 1 heterocycles. The van der Waals surface area contributed by atoms with Crippen LogP contribution in [0.25, 0.3) is 0 Å². The standard InChI is InChI=1S/C14H13N3O/c18-13(11-8-15-10-16-9-11)17-14(6-7-14)12-4-2-1-3-5-12/h1-5,8-10H,6-7H2,(H,17,18). The van der Waals surface area contributed by atoms with Crippen molar-refractivity contribution in [3.05, 3.63) is 60.2 Å². The number of carbonyl (C=O) groups excluding carboxylic acids is 1. The second-order valence-electron chi connectivity index (χ2n) is 4.53. The van der Waals surface area contributed by atoms with Gasteiger partial charge in [-0.15, -0.1) is 0 Å².